The van der Waals surface area contributed by atoms with E-state index in [1.807, 2.05) is 13.8 Å². The van der Waals surface area contributed by atoms with Gasteiger partial charge in [-0.1, -0.05) is 23.8 Å². The zero-order valence-corrected chi connectivity index (χ0v) is 12.4. The van der Waals surface area contributed by atoms with Crippen LogP contribution in [0.5, 0.6) is 5.75 Å². The van der Waals surface area contributed by atoms with Crippen LogP contribution in [0.25, 0.3) is 0 Å². The van der Waals surface area contributed by atoms with E-state index >= 15 is 0 Å². The van der Waals surface area contributed by atoms with Gasteiger partial charge in [-0.3, -0.25) is 0 Å². The van der Waals surface area contributed by atoms with Crippen molar-refractivity contribution in [2.75, 3.05) is 13.7 Å². The second-order valence-electron chi connectivity index (χ2n) is 4.57. The number of ether oxygens (including phenoxy) is 2. The lowest BCUT2D eigenvalue weighted by atomic mass is 10.1. The summed E-state index contributed by atoms with van der Waals surface area (Å²) in [6, 6.07) is 5.29. The van der Waals surface area contributed by atoms with E-state index in [0.717, 1.165) is 6.42 Å². The maximum Gasteiger partial charge on any atom is 0.120 e. The summed E-state index contributed by atoms with van der Waals surface area (Å²) < 4.78 is 10.9. The number of hydrogen-bond acceptors (Lipinski definition) is 3. The number of halogens is 1. The molecule has 0 aliphatic carbocycles. The van der Waals surface area contributed by atoms with Gasteiger partial charge in [-0.15, -0.1) is 0 Å². The van der Waals surface area contributed by atoms with Gasteiger partial charge in [0, 0.05) is 19.1 Å². The first kappa shape index (κ1) is 15.2. The predicted octanol–water partition coefficient (Wildman–Crippen LogP) is 3.17. The van der Waals surface area contributed by atoms with Gasteiger partial charge in [0.15, 0.2) is 0 Å². The van der Waals surface area contributed by atoms with E-state index in [9.17, 15) is 0 Å². The first-order chi connectivity index (χ1) is 8.35. The molecular weight excluding hydrogens is 270 g/mol. The minimum atomic E-state index is -0.192. The van der Waals surface area contributed by atoms with Gasteiger partial charge in [0.25, 0.3) is 0 Å². The molecule has 0 spiro atoms. The Morgan fingerprint density at radius 1 is 1.44 bits per heavy atom. The molecule has 5 heteroatoms. The van der Waals surface area contributed by atoms with Crippen molar-refractivity contribution in [3.8, 4) is 5.75 Å². The third-order valence-electron chi connectivity index (χ3n) is 2.73. The van der Waals surface area contributed by atoms with Crippen LogP contribution in [-0.4, -0.2) is 24.3 Å². The van der Waals surface area contributed by atoms with Gasteiger partial charge >= 0.3 is 0 Å². The fraction of sp³-hybridized carbons (Fsp3) is 0.462. The van der Waals surface area contributed by atoms with Gasteiger partial charge in [-0.25, -0.2) is 0 Å². The molecule has 0 saturated carbocycles. The normalized spacial score (nSPS) is 11.3. The van der Waals surface area contributed by atoms with E-state index in [2.05, 4.69) is 0 Å². The Labute approximate surface area is 118 Å². The summed E-state index contributed by atoms with van der Waals surface area (Å²) in [4.78, 5) is 0.284. The van der Waals surface area contributed by atoms with E-state index in [1.165, 1.54) is 0 Å². The molecule has 0 amide bonds. The molecule has 0 saturated heterocycles. The maximum absolute atomic E-state index is 6.05. The minimum Gasteiger partial charge on any atom is -0.493 e. The monoisotopic (exact) mass is 287 g/mol. The molecule has 1 aromatic rings. The van der Waals surface area contributed by atoms with E-state index in [-0.39, 0.29) is 10.6 Å². The molecule has 0 radical (unpaired) electrons. The van der Waals surface area contributed by atoms with Crippen LogP contribution in [-0.2, 0) is 4.74 Å². The first-order valence-electron chi connectivity index (χ1n) is 5.63. The summed E-state index contributed by atoms with van der Waals surface area (Å²) in [6.45, 7) is 4.59. The molecule has 0 atom stereocenters. The van der Waals surface area contributed by atoms with Crippen molar-refractivity contribution in [2.24, 2.45) is 5.73 Å². The molecule has 100 valence electrons. The van der Waals surface area contributed by atoms with E-state index in [1.54, 1.807) is 25.3 Å². The standard InChI is InChI=1S/C13H18ClNO2S/c1-13(2,16-3)6-7-17-9-4-5-10(12(15)18)11(14)8-9/h4-5,8H,6-7H2,1-3H3,(H2,15,18). The number of hydrogen-bond donors (Lipinski definition) is 1. The predicted molar refractivity (Wildman–Crippen MR) is 78.5 cm³/mol. The second kappa shape index (κ2) is 6.36. The Morgan fingerprint density at radius 2 is 2.11 bits per heavy atom. The second-order valence-corrected chi connectivity index (χ2v) is 5.42. The van der Waals surface area contributed by atoms with Crippen molar-refractivity contribution in [2.45, 2.75) is 25.9 Å². The molecule has 0 fully saturated rings. The summed E-state index contributed by atoms with van der Waals surface area (Å²) >= 11 is 10.9. The molecule has 1 rings (SSSR count). The van der Waals surface area contributed by atoms with Crippen LogP contribution in [0.3, 0.4) is 0 Å². The lowest BCUT2D eigenvalue weighted by Gasteiger charge is -2.22. The third-order valence-corrected chi connectivity index (χ3v) is 3.26. The van der Waals surface area contributed by atoms with Crippen molar-refractivity contribution in [3.05, 3.63) is 28.8 Å². The van der Waals surface area contributed by atoms with Crippen molar-refractivity contribution in [1.82, 2.24) is 0 Å². The van der Waals surface area contributed by atoms with E-state index in [4.69, 9.17) is 39.0 Å². The van der Waals surface area contributed by atoms with Crippen molar-refractivity contribution in [3.63, 3.8) is 0 Å². The summed E-state index contributed by atoms with van der Waals surface area (Å²) in [6.07, 6.45) is 0.790. The van der Waals surface area contributed by atoms with Crippen LogP contribution >= 0.6 is 23.8 Å². The largest absolute Gasteiger partial charge is 0.493 e. The highest BCUT2D eigenvalue weighted by atomic mass is 35.5. The van der Waals surface area contributed by atoms with Crippen LogP contribution in [0.2, 0.25) is 5.02 Å². The smallest absolute Gasteiger partial charge is 0.120 e. The van der Waals surface area contributed by atoms with Gasteiger partial charge in [0.1, 0.15) is 10.7 Å². The van der Waals surface area contributed by atoms with Crippen LogP contribution in [0, 0.1) is 0 Å². The van der Waals surface area contributed by atoms with E-state index < -0.39 is 0 Å². The van der Waals surface area contributed by atoms with Crippen LogP contribution in [0.15, 0.2) is 18.2 Å². The third kappa shape index (κ3) is 4.44. The number of benzene rings is 1. The summed E-state index contributed by atoms with van der Waals surface area (Å²) in [5.41, 5.74) is 6.00. The Morgan fingerprint density at radius 3 is 2.61 bits per heavy atom. The Kier molecular flexibility index (Phi) is 5.38. The van der Waals surface area contributed by atoms with E-state index in [0.29, 0.717) is 22.9 Å². The zero-order valence-electron chi connectivity index (χ0n) is 10.8. The summed E-state index contributed by atoms with van der Waals surface area (Å²) in [5, 5.41) is 0.506. The molecule has 0 aliphatic rings. The Bertz CT molecular complexity index is 435. The maximum atomic E-state index is 6.05. The van der Waals surface area contributed by atoms with Crippen molar-refractivity contribution >= 4 is 28.8 Å². The first-order valence-corrected chi connectivity index (χ1v) is 6.41. The van der Waals surface area contributed by atoms with Gasteiger partial charge in [0.2, 0.25) is 0 Å². The highest BCUT2D eigenvalue weighted by Crippen LogP contribution is 2.23. The topological polar surface area (TPSA) is 44.5 Å². The Balaban J connectivity index is 2.59. The molecule has 1 aromatic carbocycles. The van der Waals surface area contributed by atoms with Crippen molar-refractivity contribution in [1.29, 1.82) is 0 Å². The molecule has 0 aliphatic heterocycles. The number of rotatable bonds is 6. The number of methoxy groups -OCH3 is 1. The highest BCUT2D eigenvalue weighted by Gasteiger charge is 2.16. The minimum absolute atomic E-state index is 0.192. The molecule has 3 nitrogen and oxygen atoms in total. The van der Waals surface area contributed by atoms with Gasteiger partial charge in [-0.05, 0) is 32.0 Å². The summed E-state index contributed by atoms with van der Waals surface area (Å²) in [5.74, 6) is 0.701. The van der Waals surface area contributed by atoms with Gasteiger partial charge < -0.3 is 15.2 Å². The number of nitrogens with two attached hydrogens (primary N) is 1. The molecule has 0 bridgehead atoms. The van der Waals surface area contributed by atoms with Gasteiger partial charge in [-0.2, -0.15) is 0 Å². The van der Waals surface area contributed by atoms with Gasteiger partial charge in [0.05, 0.1) is 17.2 Å². The molecule has 0 unspecified atom stereocenters. The average Bonchev–Trinajstić information content (AvgIpc) is 2.28. The lowest BCUT2D eigenvalue weighted by Crippen LogP contribution is -2.25. The molecule has 0 aromatic heterocycles. The average molecular weight is 288 g/mol. The van der Waals surface area contributed by atoms with Crippen LogP contribution < -0.4 is 10.5 Å². The van der Waals surface area contributed by atoms with Crippen molar-refractivity contribution < 1.29 is 9.47 Å². The molecular formula is C13H18ClNO2S. The Hall–Kier alpha value is -0.840. The molecule has 18 heavy (non-hydrogen) atoms. The quantitative estimate of drug-likeness (QED) is 0.816. The van der Waals surface area contributed by atoms with Crippen LogP contribution in [0.1, 0.15) is 25.8 Å². The lowest BCUT2D eigenvalue weighted by molar-refractivity contribution is 0.00546. The fourth-order valence-electron chi connectivity index (χ4n) is 1.30. The number of thiocarbonyl (C=S) groups is 1. The molecule has 2 N–H and O–H groups in total. The zero-order chi connectivity index (χ0) is 13.8. The van der Waals surface area contributed by atoms with Crippen LogP contribution in [0.4, 0.5) is 0 Å². The fourth-order valence-corrected chi connectivity index (χ4v) is 1.81. The summed E-state index contributed by atoms with van der Waals surface area (Å²) in [7, 11) is 1.69. The highest BCUT2D eigenvalue weighted by molar-refractivity contribution is 7.80. The SMILES string of the molecule is COC(C)(C)CCOc1ccc(C(N)=S)c(Cl)c1. The molecule has 0 heterocycles.